The van der Waals surface area contributed by atoms with Crippen LogP contribution >= 0.6 is 0 Å². The van der Waals surface area contributed by atoms with Crippen molar-refractivity contribution >= 4 is 17.6 Å². The van der Waals surface area contributed by atoms with Gasteiger partial charge in [-0.05, 0) is 91.4 Å². The first-order valence-corrected chi connectivity index (χ1v) is 11.9. The Bertz CT molecular complexity index is 1340. The number of ether oxygens (including phenoxy) is 2. The van der Waals surface area contributed by atoms with Crippen LogP contribution in [0.5, 0.6) is 11.5 Å². The Kier molecular flexibility index (Phi) is 8.22. The topological polar surface area (TPSA) is 35.5 Å². The number of hydrogen-bond acceptors (Lipinski definition) is 3. The van der Waals surface area contributed by atoms with Crippen LogP contribution in [0.3, 0.4) is 0 Å². The van der Waals surface area contributed by atoms with Gasteiger partial charge in [0, 0.05) is 16.4 Å². The lowest BCUT2D eigenvalue weighted by atomic mass is 9.87. The lowest BCUT2D eigenvalue weighted by Crippen LogP contribution is -3.00. The van der Waals surface area contributed by atoms with E-state index in [9.17, 15) is 4.79 Å². The van der Waals surface area contributed by atoms with E-state index in [0.717, 1.165) is 52.7 Å². The van der Waals surface area contributed by atoms with Crippen molar-refractivity contribution in [3.8, 4) is 11.5 Å². The fourth-order valence-electron chi connectivity index (χ4n) is 4.61. The van der Waals surface area contributed by atoms with Gasteiger partial charge in [0.2, 0.25) is 0 Å². The first-order valence-electron chi connectivity index (χ1n) is 11.9. The zero-order valence-electron chi connectivity index (χ0n) is 20.6. The summed E-state index contributed by atoms with van der Waals surface area (Å²) in [6.07, 6.45) is 5.26. The summed E-state index contributed by atoms with van der Waals surface area (Å²) in [5.41, 5.74) is 7.21. The van der Waals surface area contributed by atoms with Gasteiger partial charge in [-0.3, -0.25) is 0 Å². The zero-order valence-corrected chi connectivity index (χ0v) is 21.4. The van der Waals surface area contributed by atoms with Gasteiger partial charge in [0.25, 0.3) is 0 Å². The van der Waals surface area contributed by atoms with Crippen LogP contribution in [0.1, 0.15) is 71.8 Å². The van der Waals surface area contributed by atoms with Crippen LogP contribution in [0.25, 0.3) is 11.6 Å². The van der Waals surface area contributed by atoms with Crippen LogP contribution in [0.2, 0.25) is 0 Å². The molecule has 0 aliphatic carbocycles. The first kappa shape index (κ1) is 25.6. The number of esters is 1. The SMILES string of the molecule is CC/C=c1/cc2c(cc1C)=C(c1ccccc1C(=O)OCC)c1cc(C)c(CCC)cc1O2.[Cl-]. The summed E-state index contributed by atoms with van der Waals surface area (Å²) < 4.78 is 11.9. The molecule has 0 amide bonds. The van der Waals surface area contributed by atoms with Gasteiger partial charge in [-0.15, -0.1) is 0 Å². The smallest absolute Gasteiger partial charge is 0.338 e. The highest BCUT2D eigenvalue weighted by atomic mass is 35.5. The highest BCUT2D eigenvalue weighted by Gasteiger charge is 2.25. The molecule has 3 nitrogen and oxygen atoms in total. The third-order valence-corrected chi connectivity index (χ3v) is 6.20. The summed E-state index contributed by atoms with van der Waals surface area (Å²) in [7, 11) is 0. The predicted octanol–water partition coefficient (Wildman–Crippen LogP) is 2.98. The minimum atomic E-state index is -0.304. The molecule has 0 radical (unpaired) electrons. The maximum absolute atomic E-state index is 12.9. The van der Waals surface area contributed by atoms with Gasteiger partial charge < -0.3 is 21.9 Å². The summed E-state index contributed by atoms with van der Waals surface area (Å²) >= 11 is 0. The van der Waals surface area contributed by atoms with E-state index >= 15 is 0 Å². The molecule has 3 aromatic carbocycles. The zero-order chi connectivity index (χ0) is 23.5. The van der Waals surface area contributed by atoms with E-state index in [0.29, 0.717) is 12.2 Å². The Labute approximate surface area is 208 Å². The number of carbonyl (C=O) groups is 1. The van der Waals surface area contributed by atoms with Crippen LogP contribution in [-0.4, -0.2) is 12.6 Å². The number of aryl methyl sites for hydroxylation is 3. The second kappa shape index (κ2) is 10.9. The fraction of sp³-hybridized carbons (Fsp3) is 0.300. The highest BCUT2D eigenvalue weighted by molar-refractivity contribution is 5.99. The van der Waals surface area contributed by atoms with Crippen LogP contribution in [-0.2, 0) is 11.2 Å². The van der Waals surface area contributed by atoms with Crippen LogP contribution in [0, 0.1) is 13.8 Å². The van der Waals surface area contributed by atoms with Crippen molar-refractivity contribution in [2.75, 3.05) is 6.61 Å². The van der Waals surface area contributed by atoms with Gasteiger partial charge in [-0.25, -0.2) is 4.79 Å². The quantitative estimate of drug-likeness (QED) is 0.402. The van der Waals surface area contributed by atoms with Crippen LogP contribution in [0.4, 0.5) is 0 Å². The number of hydrogen-bond donors (Lipinski definition) is 0. The summed E-state index contributed by atoms with van der Waals surface area (Å²) in [4.78, 5) is 12.9. The molecule has 0 saturated heterocycles. The molecule has 1 heterocycles. The van der Waals surface area contributed by atoms with Crippen molar-refractivity contribution in [3.63, 3.8) is 0 Å². The molecule has 0 spiro atoms. The minimum absolute atomic E-state index is 0. The van der Waals surface area contributed by atoms with Crippen LogP contribution in [0.15, 0.2) is 48.5 Å². The normalized spacial score (nSPS) is 12.4. The molecule has 3 aromatic rings. The molecule has 178 valence electrons. The molecule has 0 aromatic heterocycles. The lowest BCUT2D eigenvalue weighted by Gasteiger charge is -2.24. The Morgan fingerprint density at radius 1 is 0.941 bits per heavy atom. The maximum Gasteiger partial charge on any atom is 0.338 e. The summed E-state index contributed by atoms with van der Waals surface area (Å²) in [5.74, 6) is 1.37. The second-order valence-electron chi connectivity index (χ2n) is 8.59. The Morgan fingerprint density at radius 2 is 1.71 bits per heavy atom. The minimum Gasteiger partial charge on any atom is -1.00 e. The Balaban J connectivity index is 0.00000324. The number of benzene rings is 3. The maximum atomic E-state index is 12.9. The van der Waals surface area contributed by atoms with Crippen LogP contribution < -0.4 is 27.6 Å². The highest BCUT2D eigenvalue weighted by Crippen LogP contribution is 2.39. The fourth-order valence-corrected chi connectivity index (χ4v) is 4.61. The van der Waals surface area contributed by atoms with E-state index in [1.165, 1.54) is 21.9 Å². The van der Waals surface area contributed by atoms with Crippen molar-refractivity contribution in [2.45, 2.75) is 53.9 Å². The molecule has 4 heteroatoms. The number of halogens is 1. The van der Waals surface area contributed by atoms with Gasteiger partial charge in [-0.1, -0.05) is 44.5 Å². The molecule has 0 fully saturated rings. The third-order valence-electron chi connectivity index (χ3n) is 6.20. The molecule has 0 bridgehead atoms. The third kappa shape index (κ3) is 4.76. The average molecular weight is 476 g/mol. The summed E-state index contributed by atoms with van der Waals surface area (Å²) in [6.45, 7) is 10.8. The van der Waals surface area contributed by atoms with E-state index in [2.05, 4.69) is 58.0 Å². The Morgan fingerprint density at radius 3 is 2.41 bits per heavy atom. The summed E-state index contributed by atoms with van der Waals surface area (Å²) in [5, 5.41) is 2.19. The molecular weight excluding hydrogens is 444 g/mol. The first-order chi connectivity index (χ1) is 16.0. The van der Waals surface area contributed by atoms with Crippen molar-refractivity contribution in [1.29, 1.82) is 0 Å². The monoisotopic (exact) mass is 475 g/mol. The van der Waals surface area contributed by atoms with Gasteiger partial charge in [0.15, 0.2) is 0 Å². The molecule has 1 aliphatic heterocycles. The van der Waals surface area contributed by atoms with Gasteiger partial charge in [0.1, 0.15) is 11.5 Å². The lowest BCUT2D eigenvalue weighted by molar-refractivity contribution is -0.0000253. The molecule has 4 rings (SSSR count). The van der Waals surface area contributed by atoms with E-state index in [4.69, 9.17) is 9.47 Å². The van der Waals surface area contributed by atoms with E-state index in [-0.39, 0.29) is 18.4 Å². The molecule has 0 N–H and O–H groups in total. The molecular formula is C30H32ClO3-. The van der Waals surface area contributed by atoms with E-state index in [1.54, 1.807) is 0 Å². The van der Waals surface area contributed by atoms with Crippen molar-refractivity contribution in [2.24, 2.45) is 0 Å². The van der Waals surface area contributed by atoms with Gasteiger partial charge in [-0.2, -0.15) is 0 Å². The average Bonchev–Trinajstić information content (AvgIpc) is 2.80. The van der Waals surface area contributed by atoms with Crippen molar-refractivity contribution in [3.05, 3.63) is 92.3 Å². The molecule has 1 aliphatic rings. The molecule has 0 unspecified atom stereocenters. The predicted molar refractivity (Wildman–Crippen MR) is 134 cm³/mol. The van der Waals surface area contributed by atoms with Gasteiger partial charge in [0.05, 0.1) is 12.2 Å². The molecule has 0 saturated carbocycles. The number of fused-ring (bicyclic) bond motifs is 2. The van der Waals surface area contributed by atoms with Crippen molar-refractivity contribution < 1.29 is 26.7 Å². The van der Waals surface area contributed by atoms with E-state index < -0.39 is 0 Å². The number of carbonyl (C=O) groups excluding carboxylic acids is 1. The van der Waals surface area contributed by atoms with E-state index in [1.807, 2.05) is 31.2 Å². The van der Waals surface area contributed by atoms with Gasteiger partial charge >= 0.3 is 5.97 Å². The number of rotatable bonds is 6. The largest absolute Gasteiger partial charge is 1.00 e. The summed E-state index contributed by atoms with van der Waals surface area (Å²) in [6, 6.07) is 16.4. The molecule has 0 atom stereocenters. The molecule has 34 heavy (non-hydrogen) atoms. The standard InChI is InChI=1S/C30H32O3.ClH/c1-6-11-21-17-27-25(15-19(21)4)29(23-13-9-10-14-24(23)30(31)32-8-3)26-16-20(5)22(12-7-2)18-28(26)33-27;/h9-11,13-18H,6-8,12H2,1-5H3;1H/p-1/b21-11-;. The second-order valence-corrected chi connectivity index (χ2v) is 8.59. The van der Waals surface area contributed by atoms with Crippen molar-refractivity contribution in [1.82, 2.24) is 0 Å². The Hall–Kier alpha value is -3.04.